The number of hydrogen-bond donors (Lipinski definition) is 7. The Labute approximate surface area is 151 Å². The van der Waals surface area contributed by atoms with Crippen molar-refractivity contribution in [3.63, 3.8) is 0 Å². The monoisotopic (exact) mass is 382 g/mol. The molecule has 0 aromatic heterocycles. The lowest BCUT2D eigenvalue weighted by Crippen LogP contribution is -2.63. The van der Waals surface area contributed by atoms with Crippen LogP contribution in [0.3, 0.4) is 0 Å². The fourth-order valence-corrected chi connectivity index (χ4v) is 3.20. The largest absolute Gasteiger partial charge is 0.394 e. The zero-order valence-electron chi connectivity index (χ0n) is 15.0. The maximum absolute atomic E-state index is 10.1. The van der Waals surface area contributed by atoms with Crippen molar-refractivity contribution < 1.29 is 50.0 Å². The second kappa shape index (κ2) is 8.31. The maximum Gasteiger partial charge on any atom is 0.186 e. The van der Waals surface area contributed by atoms with Crippen LogP contribution in [0, 0.1) is 5.41 Å². The van der Waals surface area contributed by atoms with Crippen molar-refractivity contribution >= 4 is 0 Å². The molecule has 2 heterocycles. The average Bonchev–Trinajstić information content (AvgIpc) is 2.57. The van der Waals surface area contributed by atoms with Gasteiger partial charge in [-0.2, -0.15) is 0 Å². The third-order valence-corrected chi connectivity index (χ3v) is 4.84. The minimum Gasteiger partial charge on any atom is -0.394 e. The molecule has 0 bridgehead atoms. The van der Waals surface area contributed by atoms with Crippen LogP contribution < -0.4 is 0 Å². The molecule has 2 aliphatic heterocycles. The van der Waals surface area contributed by atoms with Crippen molar-refractivity contribution in [2.45, 2.75) is 82.0 Å². The molecule has 4 unspecified atom stereocenters. The lowest BCUT2D eigenvalue weighted by Gasteiger charge is -2.46. The van der Waals surface area contributed by atoms with Crippen LogP contribution >= 0.6 is 0 Å². The van der Waals surface area contributed by atoms with Crippen LogP contribution in [0.4, 0.5) is 0 Å². The van der Waals surface area contributed by atoms with Crippen LogP contribution in [0.5, 0.6) is 0 Å². The number of aliphatic hydroxyl groups excluding tert-OH is 7. The summed E-state index contributed by atoms with van der Waals surface area (Å²) in [6, 6.07) is 0. The minimum atomic E-state index is -1.59. The molecule has 0 spiro atoms. The van der Waals surface area contributed by atoms with Gasteiger partial charge in [0.15, 0.2) is 6.29 Å². The summed E-state index contributed by atoms with van der Waals surface area (Å²) >= 11 is 0. The molecule has 10 atom stereocenters. The molecule has 10 nitrogen and oxygen atoms in total. The molecule has 0 radical (unpaired) electrons. The Morgan fingerprint density at radius 2 is 1.27 bits per heavy atom. The van der Waals surface area contributed by atoms with E-state index in [1.54, 1.807) is 20.8 Å². The summed E-state index contributed by atoms with van der Waals surface area (Å²) in [6.45, 7) is 4.51. The van der Waals surface area contributed by atoms with E-state index in [0.717, 1.165) is 0 Å². The molecule has 0 saturated carbocycles. The number of aliphatic hydroxyl groups is 7. The van der Waals surface area contributed by atoms with Crippen LogP contribution in [-0.2, 0) is 14.2 Å². The molecular formula is C16H30O10. The minimum absolute atomic E-state index is 0.319. The standard InChI is InChI=1S/C16H30O10/c1-16(2,3)14-12(22)10(20)9(19)7(25-14)5-24-15-13(23)11(21)8(18)6(4-17)26-15/h6-15,17-23H,4-5H2,1-3H3/t6?,7?,8-,9-,10-,11-,12?,13?,14+,15+/m0/s1. The van der Waals surface area contributed by atoms with Gasteiger partial charge in [0.2, 0.25) is 0 Å². The summed E-state index contributed by atoms with van der Waals surface area (Å²) in [5, 5.41) is 69.0. The van der Waals surface area contributed by atoms with E-state index in [1.807, 2.05) is 0 Å². The van der Waals surface area contributed by atoms with E-state index >= 15 is 0 Å². The molecule has 7 N–H and O–H groups in total. The van der Waals surface area contributed by atoms with Gasteiger partial charge in [0.05, 0.1) is 19.3 Å². The molecule has 10 heteroatoms. The van der Waals surface area contributed by atoms with Crippen molar-refractivity contribution in [2.24, 2.45) is 5.41 Å². The molecule has 26 heavy (non-hydrogen) atoms. The van der Waals surface area contributed by atoms with Gasteiger partial charge in [-0.3, -0.25) is 0 Å². The van der Waals surface area contributed by atoms with E-state index in [1.165, 1.54) is 0 Å². The van der Waals surface area contributed by atoms with Crippen LogP contribution in [0.15, 0.2) is 0 Å². The highest BCUT2D eigenvalue weighted by atomic mass is 16.7. The Bertz CT molecular complexity index is 453. The molecule has 2 aliphatic rings. The van der Waals surface area contributed by atoms with Crippen molar-refractivity contribution in [1.29, 1.82) is 0 Å². The first-order valence-electron chi connectivity index (χ1n) is 8.60. The van der Waals surface area contributed by atoms with E-state index in [4.69, 9.17) is 14.2 Å². The fourth-order valence-electron chi connectivity index (χ4n) is 3.20. The quantitative estimate of drug-likeness (QED) is 0.261. The van der Waals surface area contributed by atoms with E-state index in [0.29, 0.717) is 0 Å². The Morgan fingerprint density at radius 3 is 1.81 bits per heavy atom. The summed E-state index contributed by atoms with van der Waals surface area (Å²) in [7, 11) is 0. The van der Waals surface area contributed by atoms with Gasteiger partial charge < -0.3 is 50.0 Å². The van der Waals surface area contributed by atoms with Gasteiger partial charge in [0.25, 0.3) is 0 Å². The predicted octanol–water partition coefficient (Wildman–Crippen LogP) is -3.30. The van der Waals surface area contributed by atoms with Gasteiger partial charge in [-0.1, -0.05) is 20.8 Å². The summed E-state index contributed by atoms with van der Waals surface area (Å²) in [5.41, 5.74) is -0.526. The summed E-state index contributed by atoms with van der Waals surface area (Å²) < 4.78 is 16.3. The third kappa shape index (κ3) is 4.36. The molecule has 0 aromatic rings. The van der Waals surface area contributed by atoms with Crippen molar-refractivity contribution in [3.8, 4) is 0 Å². The first kappa shape index (κ1) is 21.9. The van der Waals surface area contributed by atoms with Crippen LogP contribution in [-0.4, -0.2) is 110 Å². The average molecular weight is 382 g/mol. The highest BCUT2D eigenvalue weighted by Crippen LogP contribution is 2.33. The van der Waals surface area contributed by atoms with E-state index < -0.39 is 73.2 Å². The lowest BCUT2D eigenvalue weighted by atomic mass is 9.80. The number of ether oxygens (including phenoxy) is 3. The molecule has 154 valence electrons. The smallest absolute Gasteiger partial charge is 0.186 e. The Hall–Kier alpha value is -0.400. The predicted molar refractivity (Wildman–Crippen MR) is 85.9 cm³/mol. The maximum atomic E-state index is 10.1. The summed E-state index contributed by atoms with van der Waals surface area (Å²) in [5.74, 6) is 0. The molecule has 0 aromatic carbocycles. The number of hydrogen-bond acceptors (Lipinski definition) is 10. The topological polar surface area (TPSA) is 169 Å². The van der Waals surface area contributed by atoms with Crippen molar-refractivity contribution in [1.82, 2.24) is 0 Å². The Morgan fingerprint density at radius 1 is 0.731 bits per heavy atom. The second-order valence-electron chi connectivity index (χ2n) is 7.96. The van der Waals surface area contributed by atoms with E-state index in [9.17, 15) is 35.7 Å². The first-order chi connectivity index (χ1) is 12.0. The van der Waals surface area contributed by atoms with E-state index in [-0.39, 0.29) is 6.61 Å². The van der Waals surface area contributed by atoms with Gasteiger partial charge in [0, 0.05) is 0 Å². The molecule has 2 rings (SSSR count). The molecule has 0 amide bonds. The Kier molecular flexibility index (Phi) is 7.00. The highest BCUT2D eigenvalue weighted by Gasteiger charge is 2.49. The summed E-state index contributed by atoms with van der Waals surface area (Å²) in [4.78, 5) is 0. The second-order valence-corrected chi connectivity index (χ2v) is 7.96. The molecule has 0 aliphatic carbocycles. The molecular weight excluding hydrogens is 352 g/mol. The van der Waals surface area contributed by atoms with Crippen molar-refractivity contribution in [2.75, 3.05) is 13.2 Å². The molecule has 2 saturated heterocycles. The molecule has 2 fully saturated rings. The zero-order valence-corrected chi connectivity index (χ0v) is 15.0. The van der Waals surface area contributed by atoms with Crippen LogP contribution in [0.2, 0.25) is 0 Å². The van der Waals surface area contributed by atoms with Crippen molar-refractivity contribution in [3.05, 3.63) is 0 Å². The van der Waals surface area contributed by atoms with Gasteiger partial charge in [-0.05, 0) is 5.41 Å². The fraction of sp³-hybridized carbons (Fsp3) is 1.00. The van der Waals surface area contributed by atoms with Gasteiger partial charge in [-0.25, -0.2) is 0 Å². The van der Waals surface area contributed by atoms with Gasteiger partial charge in [-0.15, -0.1) is 0 Å². The van der Waals surface area contributed by atoms with Gasteiger partial charge >= 0.3 is 0 Å². The highest BCUT2D eigenvalue weighted by molar-refractivity contribution is 4.97. The van der Waals surface area contributed by atoms with Crippen LogP contribution in [0.1, 0.15) is 20.8 Å². The van der Waals surface area contributed by atoms with Crippen LogP contribution in [0.25, 0.3) is 0 Å². The number of rotatable bonds is 4. The van der Waals surface area contributed by atoms with Gasteiger partial charge in [0.1, 0.15) is 48.8 Å². The normalized spacial score (nSPS) is 47.8. The lowest BCUT2D eigenvalue weighted by molar-refractivity contribution is -0.317. The first-order valence-corrected chi connectivity index (χ1v) is 8.60. The summed E-state index contributed by atoms with van der Waals surface area (Å²) in [6.07, 6.45) is -13.1. The Balaban J connectivity index is 2.03. The third-order valence-electron chi connectivity index (χ3n) is 4.84. The SMILES string of the molecule is CC(C)(C)[C@@H]1OC(CO[C@@H]2OC(CO)[C@H](O)[C@H](O)C2O)[C@H](O)[C@H](O)C1O. The van der Waals surface area contributed by atoms with E-state index in [2.05, 4.69) is 0 Å². The zero-order chi connectivity index (χ0) is 19.8.